The first-order valence-corrected chi connectivity index (χ1v) is 14.3. The maximum Gasteiger partial charge on any atom is 0.490 e. The smallest absolute Gasteiger partial charge is 0.490 e. The second-order valence-corrected chi connectivity index (χ2v) is 10.5. The van der Waals surface area contributed by atoms with Gasteiger partial charge in [0.1, 0.15) is 10.8 Å². The Balaban J connectivity index is 0.000000376. The number of pyridine rings is 1. The largest absolute Gasteiger partial charge is 0.493 e. The lowest BCUT2D eigenvalue weighted by atomic mass is 10.2. The van der Waals surface area contributed by atoms with Gasteiger partial charge in [0.15, 0.2) is 5.82 Å². The summed E-state index contributed by atoms with van der Waals surface area (Å²) in [6.45, 7) is 0.486. The number of amides is 1. The van der Waals surface area contributed by atoms with Gasteiger partial charge in [-0.2, -0.15) is 31.3 Å². The molecule has 0 radical (unpaired) electrons. The van der Waals surface area contributed by atoms with Crippen molar-refractivity contribution >= 4 is 70.0 Å². The summed E-state index contributed by atoms with van der Waals surface area (Å²) in [5.41, 5.74) is 2.59. The minimum Gasteiger partial charge on any atom is -0.493 e. The summed E-state index contributed by atoms with van der Waals surface area (Å²) in [4.78, 5) is 44.3. The Kier molecular flexibility index (Phi) is 12.8. The monoisotopic (exact) mass is 718 g/mol. The Morgan fingerprint density at radius 2 is 1.54 bits per heavy atom. The van der Waals surface area contributed by atoms with Crippen LogP contribution in [-0.2, 0) is 9.59 Å². The molecule has 2 aromatic carbocycles. The van der Waals surface area contributed by atoms with Crippen molar-refractivity contribution in [2.45, 2.75) is 17.2 Å². The number of nitrogens with zero attached hydrogens (tertiary/aromatic N) is 3. The average Bonchev–Trinajstić information content (AvgIpc) is 3.01. The summed E-state index contributed by atoms with van der Waals surface area (Å²) in [5, 5.41) is 24.0. The SMILES string of the molecule is O=C(Nc1cc2cc(c1)OCCSc1cccc(c1)Nc1nc(ncc1Cl)N2)c1ccncc1.O=C(O)C(F)(F)F.O=C(O)C(F)(F)F. The number of rotatable bonds is 2. The number of aromatic nitrogens is 3. The van der Waals surface area contributed by atoms with Crippen molar-refractivity contribution in [2.24, 2.45) is 0 Å². The fourth-order valence-corrected chi connectivity index (χ4v) is 4.22. The van der Waals surface area contributed by atoms with Gasteiger partial charge in [-0.05, 0) is 36.4 Å². The van der Waals surface area contributed by atoms with E-state index in [0.29, 0.717) is 46.1 Å². The molecule has 6 bridgehead atoms. The molecule has 1 aliphatic heterocycles. The molecule has 0 aliphatic carbocycles. The van der Waals surface area contributed by atoms with Crippen LogP contribution in [0.1, 0.15) is 10.4 Å². The molecule has 20 heteroatoms. The zero-order valence-corrected chi connectivity index (χ0v) is 25.3. The topological polar surface area (TPSA) is 176 Å². The van der Waals surface area contributed by atoms with Gasteiger partial charge in [0.2, 0.25) is 5.95 Å². The van der Waals surface area contributed by atoms with E-state index in [9.17, 15) is 31.1 Å². The van der Waals surface area contributed by atoms with Crippen molar-refractivity contribution in [1.29, 1.82) is 0 Å². The second kappa shape index (κ2) is 16.5. The van der Waals surface area contributed by atoms with Crippen LogP contribution < -0.4 is 20.7 Å². The number of thioether (sulfide) groups is 1. The first kappa shape index (κ1) is 37.2. The Morgan fingerprint density at radius 3 is 2.17 bits per heavy atom. The lowest BCUT2D eigenvalue weighted by Gasteiger charge is -2.13. The standard InChI is InChI=1S/C24H19ClN6O2S.2C2HF3O2/c25-21-14-27-24-30-18-10-17(29-23(32)15-4-6-26-7-5-15)11-19(12-18)33-8-9-34-20-3-1-2-16(13-20)28-22(21)31-24;2*3-2(4,5)1(6)7/h1-7,10-14H,8-9H2,(H,29,32)(H2,27,28,30,31);2*(H,6,7). The third-order valence-corrected chi connectivity index (χ3v) is 6.54. The summed E-state index contributed by atoms with van der Waals surface area (Å²) < 4.78 is 69.5. The fraction of sp³-hybridized carbons (Fsp3) is 0.143. The van der Waals surface area contributed by atoms with Gasteiger partial charge in [0, 0.05) is 57.8 Å². The van der Waals surface area contributed by atoms with Crippen LogP contribution in [0.25, 0.3) is 0 Å². The second-order valence-electron chi connectivity index (χ2n) is 8.91. The molecule has 0 saturated heterocycles. The van der Waals surface area contributed by atoms with Crippen molar-refractivity contribution in [3.63, 3.8) is 0 Å². The highest BCUT2D eigenvalue weighted by Crippen LogP contribution is 2.31. The number of alkyl halides is 6. The molecule has 2 aromatic heterocycles. The van der Waals surface area contributed by atoms with Crippen LogP contribution in [0.4, 0.5) is 55.2 Å². The molecule has 1 aliphatic rings. The van der Waals surface area contributed by atoms with Gasteiger partial charge in [-0.15, -0.1) is 11.8 Å². The van der Waals surface area contributed by atoms with Crippen LogP contribution in [0, 0.1) is 0 Å². The molecule has 0 saturated carbocycles. The predicted molar refractivity (Wildman–Crippen MR) is 162 cm³/mol. The molecule has 254 valence electrons. The zero-order valence-electron chi connectivity index (χ0n) is 23.8. The maximum atomic E-state index is 12.7. The van der Waals surface area contributed by atoms with E-state index >= 15 is 0 Å². The molecule has 5 N–H and O–H groups in total. The Morgan fingerprint density at radius 1 is 0.896 bits per heavy atom. The molecule has 0 unspecified atom stereocenters. The van der Waals surface area contributed by atoms with Crippen LogP contribution in [0.5, 0.6) is 5.75 Å². The van der Waals surface area contributed by atoms with E-state index < -0.39 is 24.3 Å². The number of carboxylic acid groups (broad SMARTS) is 2. The van der Waals surface area contributed by atoms with E-state index in [0.717, 1.165) is 16.3 Å². The lowest BCUT2D eigenvalue weighted by Crippen LogP contribution is -2.21. The molecule has 4 aromatic rings. The summed E-state index contributed by atoms with van der Waals surface area (Å²) in [6.07, 6.45) is -5.49. The number of anilines is 5. The Hall–Kier alpha value is -5.30. The van der Waals surface area contributed by atoms with Crippen LogP contribution in [0.3, 0.4) is 0 Å². The van der Waals surface area contributed by atoms with E-state index in [1.165, 1.54) is 6.20 Å². The Labute approximate surface area is 275 Å². The van der Waals surface area contributed by atoms with Gasteiger partial charge < -0.3 is 30.9 Å². The average molecular weight is 719 g/mol. The normalized spacial score (nSPS) is 12.3. The van der Waals surface area contributed by atoms with Crippen molar-refractivity contribution in [1.82, 2.24) is 15.0 Å². The van der Waals surface area contributed by atoms with E-state index in [4.69, 9.17) is 36.1 Å². The third-order valence-electron chi connectivity index (χ3n) is 5.31. The van der Waals surface area contributed by atoms with Crippen LogP contribution in [-0.4, -0.2) is 67.7 Å². The predicted octanol–water partition coefficient (Wildman–Crippen LogP) is 7.02. The molecule has 0 spiro atoms. The highest BCUT2D eigenvalue weighted by molar-refractivity contribution is 7.99. The minimum absolute atomic E-state index is 0.250. The molecule has 0 atom stereocenters. The number of benzene rings is 2. The van der Waals surface area contributed by atoms with Crippen LogP contribution in [0.15, 0.2) is 78.1 Å². The number of carboxylic acids is 2. The molecular weight excluding hydrogens is 698 g/mol. The van der Waals surface area contributed by atoms with E-state index in [1.807, 2.05) is 30.3 Å². The van der Waals surface area contributed by atoms with E-state index in [1.54, 1.807) is 48.4 Å². The number of carbonyl (C=O) groups excluding carboxylic acids is 1. The first-order chi connectivity index (χ1) is 22.5. The van der Waals surface area contributed by atoms with Gasteiger partial charge in [-0.1, -0.05) is 17.7 Å². The van der Waals surface area contributed by atoms with Gasteiger partial charge in [-0.3, -0.25) is 9.78 Å². The molecule has 5 rings (SSSR count). The highest BCUT2D eigenvalue weighted by atomic mass is 35.5. The van der Waals surface area contributed by atoms with Gasteiger partial charge >= 0.3 is 24.3 Å². The van der Waals surface area contributed by atoms with E-state index in [2.05, 4.69) is 30.9 Å². The number of nitrogens with one attached hydrogen (secondary N) is 3. The third kappa shape index (κ3) is 12.1. The number of aliphatic carboxylic acids is 2. The highest BCUT2D eigenvalue weighted by Gasteiger charge is 2.38. The van der Waals surface area contributed by atoms with Crippen molar-refractivity contribution in [3.8, 4) is 5.75 Å². The molecule has 0 fully saturated rings. The quantitative estimate of drug-likeness (QED) is 0.134. The van der Waals surface area contributed by atoms with Gasteiger partial charge in [-0.25, -0.2) is 14.6 Å². The lowest BCUT2D eigenvalue weighted by molar-refractivity contribution is -0.193. The van der Waals surface area contributed by atoms with E-state index in [-0.39, 0.29) is 5.91 Å². The fourth-order valence-electron chi connectivity index (χ4n) is 3.30. The van der Waals surface area contributed by atoms with Crippen LogP contribution >= 0.6 is 23.4 Å². The number of carbonyl (C=O) groups is 3. The minimum atomic E-state index is -5.08. The van der Waals surface area contributed by atoms with Crippen molar-refractivity contribution in [2.75, 3.05) is 28.3 Å². The molecule has 3 heterocycles. The number of hydrogen-bond acceptors (Lipinski definition) is 10. The van der Waals surface area contributed by atoms with Crippen molar-refractivity contribution in [3.05, 3.63) is 83.8 Å². The first-order valence-electron chi connectivity index (χ1n) is 12.9. The summed E-state index contributed by atoms with van der Waals surface area (Å²) in [5.74, 6) is -3.59. The Bertz CT molecular complexity index is 1730. The zero-order chi connectivity index (χ0) is 35.5. The molecule has 12 nitrogen and oxygen atoms in total. The summed E-state index contributed by atoms with van der Waals surface area (Å²) >= 11 is 8.01. The summed E-state index contributed by atoms with van der Waals surface area (Å²) in [6, 6.07) is 16.7. The number of ether oxygens (including phenoxy) is 1. The van der Waals surface area contributed by atoms with Crippen LogP contribution in [0.2, 0.25) is 5.02 Å². The van der Waals surface area contributed by atoms with Crippen molar-refractivity contribution < 1.29 is 55.7 Å². The number of hydrogen-bond donors (Lipinski definition) is 5. The number of halogens is 7. The summed E-state index contributed by atoms with van der Waals surface area (Å²) in [7, 11) is 0. The molecule has 1 amide bonds. The molecule has 48 heavy (non-hydrogen) atoms. The molecular formula is C28H21ClF6N6O6S. The maximum absolute atomic E-state index is 12.7. The van der Waals surface area contributed by atoms with Gasteiger partial charge in [0.05, 0.1) is 12.8 Å². The number of fused-ring (bicyclic) bond motifs is 6. The van der Waals surface area contributed by atoms with Gasteiger partial charge in [0.25, 0.3) is 5.91 Å².